The molecule has 0 radical (unpaired) electrons. The third-order valence-corrected chi connectivity index (χ3v) is 7.66. The molecular formula is C26H34N4O2. The molecule has 2 saturated carbocycles. The quantitative estimate of drug-likeness (QED) is 0.713. The zero-order chi connectivity index (χ0) is 22.5. The molecule has 6 nitrogen and oxygen atoms in total. The number of aromatic nitrogens is 2. The van der Waals surface area contributed by atoms with Crippen molar-refractivity contribution in [3.05, 3.63) is 46.8 Å². The molecule has 170 valence electrons. The third kappa shape index (κ3) is 3.63. The van der Waals surface area contributed by atoms with Crippen LogP contribution in [0.5, 0.6) is 0 Å². The van der Waals surface area contributed by atoms with Gasteiger partial charge in [0.2, 0.25) is 5.91 Å². The maximum Gasteiger partial charge on any atom is 0.277 e. The molecule has 2 amide bonds. The van der Waals surface area contributed by atoms with Crippen molar-refractivity contribution in [2.24, 2.45) is 0 Å². The summed E-state index contributed by atoms with van der Waals surface area (Å²) < 4.78 is 1.78. The molecule has 2 fully saturated rings. The molecular weight excluding hydrogens is 400 g/mol. The van der Waals surface area contributed by atoms with Gasteiger partial charge in [-0.3, -0.25) is 19.2 Å². The molecule has 1 aliphatic heterocycles. The van der Waals surface area contributed by atoms with E-state index in [4.69, 9.17) is 5.10 Å². The number of hydrogen-bond donors (Lipinski definition) is 1. The summed E-state index contributed by atoms with van der Waals surface area (Å²) in [6.07, 6.45) is 9.05. The SMILES string of the molecule is Cc1cccc(N2C(=O)c3cc(C4CC4)nn3CC2(C)C(=O)NC2CCCCCC2)c1C. The van der Waals surface area contributed by atoms with E-state index in [1.165, 1.54) is 12.8 Å². The largest absolute Gasteiger partial charge is 0.351 e. The number of fused-ring (bicyclic) bond motifs is 1. The molecule has 0 saturated heterocycles. The maximum absolute atomic E-state index is 13.9. The average Bonchev–Trinajstić information content (AvgIpc) is 3.56. The average molecular weight is 435 g/mol. The Kier molecular flexibility index (Phi) is 5.34. The fourth-order valence-corrected chi connectivity index (χ4v) is 5.30. The second kappa shape index (κ2) is 8.05. The lowest BCUT2D eigenvalue weighted by atomic mass is 9.91. The van der Waals surface area contributed by atoms with Gasteiger partial charge in [-0.1, -0.05) is 37.8 Å². The number of carbonyl (C=O) groups is 2. The number of rotatable bonds is 4. The maximum atomic E-state index is 13.9. The fourth-order valence-electron chi connectivity index (χ4n) is 5.30. The third-order valence-electron chi connectivity index (χ3n) is 7.66. The van der Waals surface area contributed by atoms with Crippen LogP contribution in [-0.2, 0) is 11.3 Å². The van der Waals surface area contributed by atoms with Crippen LogP contribution in [0.3, 0.4) is 0 Å². The van der Waals surface area contributed by atoms with Crippen LogP contribution >= 0.6 is 0 Å². The van der Waals surface area contributed by atoms with Crippen LogP contribution in [-0.4, -0.2) is 33.2 Å². The molecule has 1 N–H and O–H groups in total. The van der Waals surface area contributed by atoms with Crippen molar-refractivity contribution in [2.75, 3.05) is 4.90 Å². The monoisotopic (exact) mass is 434 g/mol. The number of benzene rings is 1. The molecule has 6 heteroatoms. The molecule has 1 atom stereocenters. The second-order valence-corrected chi connectivity index (χ2v) is 10.2. The number of amides is 2. The van der Waals surface area contributed by atoms with Gasteiger partial charge in [0.05, 0.1) is 12.2 Å². The lowest BCUT2D eigenvalue weighted by molar-refractivity contribution is -0.127. The number of carbonyl (C=O) groups excluding carboxylic acids is 2. The van der Waals surface area contributed by atoms with Crippen molar-refractivity contribution in [3.8, 4) is 0 Å². The van der Waals surface area contributed by atoms with Gasteiger partial charge in [0, 0.05) is 17.6 Å². The number of anilines is 1. The molecule has 3 aliphatic rings. The van der Waals surface area contributed by atoms with E-state index >= 15 is 0 Å². The van der Waals surface area contributed by atoms with E-state index in [9.17, 15) is 9.59 Å². The van der Waals surface area contributed by atoms with Gasteiger partial charge in [0.25, 0.3) is 5.91 Å². The minimum atomic E-state index is -1.04. The van der Waals surface area contributed by atoms with Crippen LogP contribution in [0.4, 0.5) is 5.69 Å². The Labute approximate surface area is 190 Å². The summed E-state index contributed by atoms with van der Waals surface area (Å²) in [6.45, 7) is 6.35. The van der Waals surface area contributed by atoms with E-state index in [0.717, 1.165) is 61.0 Å². The van der Waals surface area contributed by atoms with E-state index in [1.807, 2.05) is 45.0 Å². The summed E-state index contributed by atoms with van der Waals surface area (Å²) in [5, 5.41) is 8.08. The molecule has 2 aromatic rings. The van der Waals surface area contributed by atoms with Gasteiger partial charge in [-0.15, -0.1) is 0 Å². The van der Waals surface area contributed by atoms with Crippen LogP contribution < -0.4 is 10.2 Å². The lowest BCUT2D eigenvalue weighted by Gasteiger charge is -2.44. The van der Waals surface area contributed by atoms with Crippen LogP contribution in [0.15, 0.2) is 24.3 Å². The number of nitrogens with zero attached hydrogens (tertiary/aromatic N) is 3. The smallest absolute Gasteiger partial charge is 0.277 e. The predicted octanol–water partition coefficient (Wildman–Crippen LogP) is 4.64. The van der Waals surface area contributed by atoms with Crippen molar-refractivity contribution in [1.82, 2.24) is 15.1 Å². The molecule has 1 aromatic carbocycles. The van der Waals surface area contributed by atoms with Gasteiger partial charge in [0.15, 0.2) is 0 Å². The summed E-state index contributed by atoms with van der Waals surface area (Å²) in [5.41, 5.74) is 3.50. The van der Waals surface area contributed by atoms with Crippen LogP contribution in [0.25, 0.3) is 0 Å². The molecule has 0 spiro atoms. The van der Waals surface area contributed by atoms with E-state index in [2.05, 4.69) is 5.32 Å². The summed E-state index contributed by atoms with van der Waals surface area (Å²) in [4.78, 5) is 29.5. The molecule has 0 bridgehead atoms. The van der Waals surface area contributed by atoms with E-state index < -0.39 is 5.54 Å². The van der Waals surface area contributed by atoms with Crippen LogP contribution in [0.1, 0.15) is 91.5 Å². The summed E-state index contributed by atoms with van der Waals surface area (Å²) in [7, 11) is 0. The molecule has 1 unspecified atom stereocenters. The number of nitrogens with one attached hydrogen (secondary N) is 1. The molecule has 2 heterocycles. The fraction of sp³-hybridized carbons (Fsp3) is 0.577. The molecule has 2 aliphatic carbocycles. The molecule has 32 heavy (non-hydrogen) atoms. The summed E-state index contributed by atoms with van der Waals surface area (Å²) >= 11 is 0. The van der Waals surface area contributed by atoms with Gasteiger partial charge in [-0.2, -0.15) is 5.10 Å². The Morgan fingerprint density at radius 2 is 1.81 bits per heavy atom. The first-order valence-corrected chi connectivity index (χ1v) is 12.2. The van der Waals surface area contributed by atoms with E-state index in [-0.39, 0.29) is 17.9 Å². The standard InChI is InChI=1S/C26H34N4O2/c1-17-9-8-12-22(18(17)2)30-24(31)23-15-21(19-13-14-19)28-29(23)16-26(30,3)25(32)27-20-10-6-4-5-7-11-20/h8-9,12,15,19-20H,4-7,10-11,13-14,16H2,1-3H3,(H,27,32). The first-order valence-electron chi connectivity index (χ1n) is 12.2. The van der Waals surface area contributed by atoms with E-state index in [1.54, 1.807) is 9.58 Å². The highest BCUT2D eigenvalue weighted by Crippen LogP contribution is 2.41. The van der Waals surface area contributed by atoms with Crippen LogP contribution in [0, 0.1) is 13.8 Å². The van der Waals surface area contributed by atoms with Crippen molar-refractivity contribution in [3.63, 3.8) is 0 Å². The number of aryl methyl sites for hydroxylation is 1. The highest BCUT2D eigenvalue weighted by Gasteiger charge is 2.50. The number of hydrogen-bond acceptors (Lipinski definition) is 3. The Morgan fingerprint density at radius 1 is 1.09 bits per heavy atom. The Morgan fingerprint density at radius 3 is 2.50 bits per heavy atom. The Balaban J connectivity index is 1.55. The highest BCUT2D eigenvalue weighted by atomic mass is 16.2. The Bertz CT molecular complexity index is 1050. The summed E-state index contributed by atoms with van der Waals surface area (Å²) in [6, 6.07) is 8.10. The topological polar surface area (TPSA) is 67.2 Å². The van der Waals surface area contributed by atoms with Crippen molar-refractivity contribution in [1.29, 1.82) is 0 Å². The normalized spacial score (nSPS) is 24.2. The van der Waals surface area contributed by atoms with Gasteiger partial charge in [-0.05, 0) is 69.7 Å². The van der Waals surface area contributed by atoms with Gasteiger partial charge in [-0.25, -0.2) is 0 Å². The lowest BCUT2D eigenvalue weighted by Crippen LogP contribution is -2.65. The van der Waals surface area contributed by atoms with Crippen molar-refractivity contribution >= 4 is 17.5 Å². The van der Waals surface area contributed by atoms with Gasteiger partial charge >= 0.3 is 0 Å². The van der Waals surface area contributed by atoms with Crippen molar-refractivity contribution < 1.29 is 9.59 Å². The predicted molar refractivity (Wildman–Crippen MR) is 125 cm³/mol. The van der Waals surface area contributed by atoms with Gasteiger partial charge in [0.1, 0.15) is 11.2 Å². The van der Waals surface area contributed by atoms with Gasteiger partial charge < -0.3 is 5.32 Å². The second-order valence-electron chi connectivity index (χ2n) is 10.2. The van der Waals surface area contributed by atoms with Crippen molar-refractivity contribution in [2.45, 2.75) is 96.2 Å². The minimum Gasteiger partial charge on any atom is -0.351 e. The first kappa shape index (κ1) is 21.2. The molecule has 5 rings (SSSR count). The van der Waals surface area contributed by atoms with E-state index in [0.29, 0.717) is 18.2 Å². The molecule has 1 aromatic heterocycles. The zero-order valence-corrected chi connectivity index (χ0v) is 19.5. The Hall–Kier alpha value is -2.63. The van der Waals surface area contributed by atoms with Crippen LogP contribution in [0.2, 0.25) is 0 Å². The summed E-state index contributed by atoms with van der Waals surface area (Å²) in [5.74, 6) is 0.247. The zero-order valence-electron chi connectivity index (χ0n) is 19.5. The minimum absolute atomic E-state index is 0.0761. The first-order chi connectivity index (χ1) is 15.4. The highest BCUT2D eigenvalue weighted by molar-refractivity contribution is 6.12.